The molecule has 0 aliphatic carbocycles. The molecule has 2 unspecified atom stereocenters. The van der Waals surface area contributed by atoms with Crippen molar-refractivity contribution < 1.29 is 37.3 Å². The van der Waals surface area contributed by atoms with Crippen LogP contribution in [0.5, 0.6) is 0 Å². The first-order valence-electron chi connectivity index (χ1n) is 22.0. The maximum absolute atomic E-state index is 12.7. The van der Waals surface area contributed by atoms with Crippen LogP contribution in [0.1, 0.15) is 168 Å². The second-order valence-electron chi connectivity index (χ2n) is 15.7. The van der Waals surface area contributed by atoms with E-state index in [-0.39, 0.29) is 25.8 Å². The lowest BCUT2D eigenvalue weighted by atomic mass is 10.1. The van der Waals surface area contributed by atoms with Gasteiger partial charge in [-0.2, -0.15) is 0 Å². The lowest BCUT2D eigenvalue weighted by Crippen LogP contribution is -2.37. The van der Waals surface area contributed by atoms with Gasteiger partial charge in [0.25, 0.3) is 7.82 Å². The number of hydrogen-bond donors (Lipinski definition) is 0. The quantitative estimate of drug-likeness (QED) is 0.0200. The molecule has 2 atom stereocenters. The summed E-state index contributed by atoms with van der Waals surface area (Å²) < 4.78 is 34.6. The SMILES string of the molecule is CC/C=C\C/C=C\C/C=C\C/C=C\CCCCCCCOCC(COP(=O)([O-])OCC[N+](C)(C)C)OC(=O)CCCCCCC/C=C\CCCCCCCC. The van der Waals surface area contributed by atoms with Gasteiger partial charge in [-0.1, -0.05) is 145 Å². The van der Waals surface area contributed by atoms with E-state index in [0.29, 0.717) is 24.1 Å². The van der Waals surface area contributed by atoms with Crippen molar-refractivity contribution in [3.05, 3.63) is 60.8 Å². The number of likely N-dealkylation sites (N-methyl/N-ethyl adjacent to an activating group) is 1. The normalized spacial score (nSPS) is 14.4. The number of esters is 1. The molecule has 0 aromatic heterocycles. The van der Waals surface area contributed by atoms with Crippen LogP contribution in [0.25, 0.3) is 0 Å². The van der Waals surface area contributed by atoms with Gasteiger partial charge in [-0.3, -0.25) is 9.36 Å². The van der Waals surface area contributed by atoms with Gasteiger partial charge in [0.15, 0.2) is 0 Å². The van der Waals surface area contributed by atoms with Crippen LogP contribution in [-0.4, -0.2) is 70.7 Å². The molecule has 0 aliphatic heterocycles. The molecule has 0 rings (SSSR count). The first-order valence-corrected chi connectivity index (χ1v) is 23.5. The molecule has 320 valence electrons. The van der Waals surface area contributed by atoms with E-state index >= 15 is 0 Å². The molecule has 9 heteroatoms. The molecule has 55 heavy (non-hydrogen) atoms. The van der Waals surface area contributed by atoms with E-state index in [4.69, 9.17) is 18.5 Å². The largest absolute Gasteiger partial charge is 0.756 e. The van der Waals surface area contributed by atoms with Crippen LogP contribution in [0.3, 0.4) is 0 Å². The van der Waals surface area contributed by atoms with E-state index in [0.717, 1.165) is 83.5 Å². The Balaban J connectivity index is 4.30. The third kappa shape index (κ3) is 43.2. The van der Waals surface area contributed by atoms with Crippen LogP contribution in [0.2, 0.25) is 0 Å². The minimum atomic E-state index is -4.53. The molecule has 0 aliphatic rings. The minimum Gasteiger partial charge on any atom is -0.756 e. The lowest BCUT2D eigenvalue weighted by molar-refractivity contribution is -0.870. The van der Waals surface area contributed by atoms with Crippen LogP contribution in [0.15, 0.2) is 60.8 Å². The van der Waals surface area contributed by atoms with Crippen LogP contribution >= 0.6 is 7.82 Å². The topological polar surface area (TPSA) is 94.1 Å². The number of hydrogen-bond acceptors (Lipinski definition) is 7. The van der Waals surface area contributed by atoms with Crippen LogP contribution < -0.4 is 4.89 Å². The molecule has 0 fully saturated rings. The minimum absolute atomic E-state index is 0.0180. The summed E-state index contributed by atoms with van der Waals surface area (Å²) >= 11 is 0. The van der Waals surface area contributed by atoms with Gasteiger partial charge in [0.1, 0.15) is 19.3 Å². The summed E-state index contributed by atoms with van der Waals surface area (Å²) in [5, 5.41) is 0. The zero-order chi connectivity index (χ0) is 40.6. The molecule has 0 saturated heterocycles. The Hall–Kier alpha value is -1.80. The Bertz CT molecular complexity index is 1060. The van der Waals surface area contributed by atoms with Gasteiger partial charge in [-0.15, -0.1) is 0 Å². The molecule has 0 heterocycles. The molecule has 0 N–H and O–H groups in total. The standard InChI is InChI=1S/C46H84NO7P/c1-6-8-10-12-14-16-18-20-22-23-24-26-28-30-32-34-36-38-41-51-43-45(44-53-55(49,50)52-42-40-47(3,4)5)54-46(48)39-37-35-33-31-29-27-25-21-19-17-15-13-11-9-7-2/h8,10,14,16,20-22,24-26,45H,6-7,9,11-13,15,17-19,23,27-44H2,1-5H3/b10-8-,16-14-,22-20-,25-21-,26-24-. The predicted molar refractivity (Wildman–Crippen MR) is 231 cm³/mol. The molecule has 0 amide bonds. The maximum Gasteiger partial charge on any atom is 0.306 e. The van der Waals surface area contributed by atoms with E-state index in [1.807, 2.05) is 21.1 Å². The Morgan fingerprint density at radius 3 is 1.60 bits per heavy atom. The number of rotatable bonds is 40. The maximum atomic E-state index is 12.7. The number of ether oxygens (including phenoxy) is 2. The average molecular weight is 794 g/mol. The molecule has 0 bridgehead atoms. The zero-order valence-electron chi connectivity index (χ0n) is 36.1. The molecule has 0 saturated carbocycles. The predicted octanol–water partition coefficient (Wildman–Crippen LogP) is 12.3. The van der Waals surface area contributed by atoms with Gasteiger partial charge in [0, 0.05) is 13.0 Å². The van der Waals surface area contributed by atoms with Crippen molar-refractivity contribution >= 4 is 13.8 Å². The second kappa shape index (κ2) is 39.0. The highest BCUT2D eigenvalue weighted by Crippen LogP contribution is 2.38. The van der Waals surface area contributed by atoms with Crippen LogP contribution in [-0.2, 0) is 27.9 Å². The summed E-state index contributed by atoms with van der Waals surface area (Å²) in [6.07, 6.45) is 48.0. The molecular weight excluding hydrogens is 709 g/mol. The van der Waals surface area contributed by atoms with Crippen molar-refractivity contribution in [2.45, 2.75) is 174 Å². The van der Waals surface area contributed by atoms with Gasteiger partial charge < -0.3 is 27.9 Å². The first kappa shape index (κ1) is 53.2. The van der Waals surface area contributed by atoms with Crippen molar-refractivity contribution in [1.82, 2.24) is 0 Å². The fraction of sp³-hybridized carbons (Fsp3) is 0.761. The monoisotopic (exact) mass is 794 g/mol. The van der Waals surface area contributed by atoms with Crippen molar-refractivity contribution in [2.24, 2.45) is 0 Å². The zero-order valence-corrected chi connectivity index (χ0v) is 37.0. The van der Waals surface area contributed by atoms with Crippen molar-refractivity contribution in [2.75, 3.05) is 54.1 Å². The first-order chi connectivity index (χ1) is 26.6. The summed E-state index contributed by atoms with van der Waals surface area (Å²) in [5.74, 6) is -0.352. The number of phosphoric acid groups is 1. The van der Waals surface area contributed by atoms with Crippen molar-refractivity contribution in [1.29, 1.82) is 0 Å². The fourth-order valence-electron chi connectivity index (χ4n) is 5.65. The Morgan fingerprint density at radius 1 is 0.582 bits per heavy atom. The molecule has 0 aromatic rings. The number of allylic oxidation sites excluding steroid dienone is 10. The van der Waals surface area contributed by atoms with E-state index in [9.17, 15) is 14.3 Å². The number of quaternary nitrogens is 1. The van der Waals surface area contributed by atoms with Gasteiger partial charge >= 0.3 is 5.97 Å². The van der Waals surface area contributed by atoms with Crippen LogP contribution in [0.4, 0.5) is 0 Å². The molecule has 0 aromatic carbocycles. The summed E-state index contributed by atoms with van der Waals surface area (Å²) in [6.45, 7) is 5.23. The van der Waals surface area contributed by atoms with Crippen LogP contribution in [0, 0.1) is 0 Å². The van der Waals surface area contributed by atoms with Gasteiger partial charge in [-0.05, 0) is 77.0 Å². The highest BCUT2D eigenvalue weighted by atomic mass is 31.2. The number of nitrogens with zero attached hydrogens (tertiary/aromatic N) is 1. The van der Waals surface area contributed by atoms with E-state index < -0.39 is 13.9 Å². The second-order valence-corrected chi connectivity index (χ2v) is 17.1. The number of phosphoric ester groups is 1. The fourth-order valence-corrected chi connectivity index (χ4v) is 6.38. The van der Waals surface area contributed by atoms with E-state index in [1.54, 1.807) is 0 Å². The molecular formula is C46H84NO7P. The highest BCUT2D eigenvalue weighted by Gasteiger charge is 2.20. The Kier molecular flexibility index (Phi) is 37.8. The van der Waals surface area contributed by atoms with E-state index in [2.05, 4.69) is 74.6 Å². The summed E-state index contributed by atoms with van der Waals surface area (Å²) in [7, 11) is 1.33. The van der Waals surface area contributed by atoms with Gasteiger partial charge in [-0.25, -0.2) is 0 Å². The van der Waals surface area contributed by atoms with E-state index in [1.165, 1.54) is 64.2 Å². The highest BCUT2D eigenvalue weighted by molar-refractivity contribution is 7.45. The average Bonchev–Trinajstić information content (AvgIpc) is 3.13. The summed E-state index contributed by atoms with van der Waals surface area (Å²) in [5.41, 5.74) is 0. The molecule has 0 spiro atoms. The summed E-state index contributed by atoms with van der Waals surface area (Å²) in [6, 6.07) is 0. The Labute approximate surface area is 339 Å². The third-order valence-electron chi connectivity index (χ3n) is 9.05. The van der Waals surface area contributed by atoms with Gasteiger partial charge in [0.2, 0.25) is 0 Å². The molecule has 0 radical (unpaired) electrons. The number of carbonyl (C=O) groups is 1. The smallest absolute Gasteiger partial charge is 0.306 e. The lowest BCUT2D eigenvalue weighted by Gasteiger charge is -2.28. The van der Waals surface area contributed by atoms with Gasteiger partial charge in [0.05, 0.1) is 34.4 Å². The third-order valence-corrected chi connectivity index (χ3v) is 10.0. The Morgan fingerprint density at radius 2 is 1.05 bits per heavy atom. The summed E-state index contributed by atoms with van der Waals surface area (Å²) in [4.78, 5) is 25.0. The number of carbonyl (C=O) groups excluding carboxylic acids is 1. The molecule has 8 nitrogen and oxygen atoms in total. The number of unbranched alkanes of at least 4 members (excludes halogenated alkanes) is 16. The van der Waals surface area contributed by atoms with Crippen molar-refractivity contribution in [3.8, 4) is 0 Å². The van der Waals surface area contributed by atoms with Crippen molar-refractivity contribution in [3.63, 3.8) is 0 Å².